The van der Waals surface area contributed by atoms with Gasteiger partial charge < -0.3 is 14.2 Å². The van der Waals surface area contributed by atoms with Crippen LogP contribution in [0.2, 0.25) is 0 Å². The Kier molecular flexibility index (Phi) is 6.15. The summed E-state index contributed by atoms with van der Waals surface area (Å²) in [5, 5.41) is 0. The molecule has 1 aliphatic carbocycles. The number of carbonyl (C=O) groups excluding carboxylic acids is 2. The Morgan fingerprint density at radius 3 is 2.59 bits per heavy atom. The first-order chi connectivity index (χ1) is 10.4. The molecule has 5 atom stereocenters. The third-order valence-corrected chi connectivity index (χ3v) is 5.45. The van der Waals surface area contributed by atoms with Crippen LogP contribution >= 0.6 is 11.8 Å². The number of carbonyl (C=O) groups is 2. The van der Waals surface area contributed by atoms with E-state index in [2.05, 4.69) is 20.8 Å². The van der Waals surface area contributed by atoms with Crippen LogP contribution in [-0.2, 0) is 23.8 Å². The second-order valence-corrected chi connectivity index (χ2v) is 7.74. The van der Waals surface area contributed by atoms with Crippen molar-refractivity contribution in [2.45, 2.75) is 64.8 Å². The Morgan fingerprint density at radius 2 is 1.95 bits per heavy atom. The molecule has 2 rings (SSSR count). The van der Waals surface area contributed by atoms with Crippen molar-refractivity contribution in [3.05, 3.63) is 0 Å². The summed E-state index contributed by atoms with van der Waals surface area (Å²) in [7, 11) is 0. The van der Waals surface area contributed by atoms with Gasteiger partial charge in [0.2, 0.25) is 11.7 Å². The molecule has 0 amide bonds. The van der Waals surface area contributed by atoms with Crippen LogP contribution in [0.15, 0.2) is 0 Å². The Bertz CT molecular complexity index is 411. The number of hydrogen-bond acceptors (Lipinski definition) is 6. The third-order valence-electron chi connectivity index (χ3n) is 4.38. The van der Waals surface area contributed by atoms with Gasteiger partial charge >= 0.3 is 11.9 Å². The lowest BCUT2D eigenvalue weighted by atomic mass is 9.75. The van der Waals surface area contributed by atoms with Gasteiger partial charge in [0.1, 0.15) is 6.10 Å². The zero-order valence-corrected chi connectivity index (χ0v) is 14.6. The first-order valence-corrected chi connectivity index (χ1v) is 9.06. The molecule has 1 heterocycles. The standard InChI is InChI=1S/C16H26O5S/c1-9(2)12-6-5-10(3)7-13(12)20-15(18)16-21-14(8-22-16)19-11(4)17/h9-10,12-14,16H,5-8H2,1-4H3/t10-,12+,13?,14+,16+/m1/s1. The van der Waals surface area contributed by atoms with Gasteiger partial charge in [-0.05, 0) is 30.6 Å². The van der Waals surface area contributed by atoms with Crippen LogP contribution < -0.4 is 0 Å². The summed E-state index contributed by atoms with van der Waals surface area (Å²) < 4.78 is 16.2. The van der Waals surface area contributed by atoms with Gasteiger partial charge in [0.25, 0.3) is 0 Å². The van der Waals surface area contributed by atoms with E-state index < -0.39 is 17.7 Å². The molecule has 2 fully saturated rings. The number of esters is 2. The van der Waals surface area contributed by atoms with Crippen LogP contribution in [0.25, 0.3) is 0 Å². The number of rotatable bonds is 4. The molecular weight excluding hydrogens is 304 g/mol. The molecule has 0 aromatic carbocycles. The van der Waals surface area contributed by atoms with Crippen LogP contribution in [0, 0.1) is 17.8 Å². The Labute approximate surface area is 136 Å². The second kappa shape index (κ2) is 7.68. The fourth-order valence-corrected chi connectivity index (χ4v) is 4.08. The highest BCUT2D eigenvalue weighted by Gasteiger charge is 2.39. The molecule has 126 valence electrons. The van der Waals surface area contributed by atoms with E-state index >= 15 is 0 Å². The largest absolute Gasteiger partial charge is 0.459 e. The molecule has 0 radical (unpaired) electrons. The maximum atomic E-state index is 12.3. The lowest BCUT2D eigenvalue weighted by Crippen LogP contribution is -2.38. The van der Waals surface area contributed by atoms with Crippen LogP contribution in [0.4, 0.5) is 0 Å². The van der Waals surface area contributed by atoms with Crippen LogP contribution in [0.3, 0.4) is 0 Å². The van der Waals surface area contributed by atoms with Crippen molar-refractivity contribution >= 4 is 23.7 Å². The average molecular weight is 330 g/mol. The monoisotopic (exact) mass is 330 g/mol. The van der Waals surface area contributed by atoms with Crippen LogP contribution in [0.1, 0.15) is 47.0 Å². The lowest BCUT2D eigenvalue weighted by molar-refractivity contribution is -0.185. The van der Waals surface area contributed by atoms with Crippen molar-refractivity contribution in [3.8, 4) is 0 Å². The Hall–Kier alpha value is -0.750. The lowest BCUT2D eigenvalue weighted by Gasteiger charge is -2.37. The first kappa shape index (κ1) is 17.6. The van der Waals surface area contributed by atoms with E-state index in [1.807, 2.05) is 0 Å². The van der Waals surface area contributed by atoms with Gasteiger partial charge in [0, 0.05) is 6.92 Å². The van der Waals surface area contributed by atoms with E-state index in [1.54, 1.807) is 0 Å². The summed E-state index contributed by atoms with van der Waals surface area (Å²) in [4.78, 5) is 23.2. The zero-order valence-electron chi connectivity index (χ0n) is 13.7. The summed E-state index contributed by atoms with van der Waals surface area (Å²) in [6.45, 7) is 7.89. The number of thioether (sulfide) groups is 1. The minimum Gasteiger partial charge on any atom is -0.459 e. The SMILES string of the molecule is CC(=O)O[C@@H]1CS[C@@H](C(=O)OC2C[C@H](C)CC[C@H]2C(C)C)O1. The van der Waals surface area contributed by atoms with Gasteiger partial charge in [0.05, 0.1) is 5.75 Å². The molecule has 22 heavy (non-hydrogen) atoms. The molecule has 0 aromatic rings. The molecule has 6 heteroatoms. The highest BCUT2D eigenvalue weighted by molar-refractivity contribution is 8.00. The molecule has 0 bridgehead atoms. The third kappa shape index (κ3) is 4.62. The molecule has 0 N–H and O–H groups in total. The van der Waals surface area contributed by atoms with Crippen molar-refractivity contribution in [2.24, 2.45) is 17.8 Å². The molecule has 1 unspecified atom stereocenters. The predicted octanol–water partition coefficient (Wildman–Crippen LogP) is 2.97. The van der Waals surface area contributed by atoms with E-state index in [-0.39, 0.29) is 12.1 Å². The summed E-state index contributed by atoms with van der Waals surface area (Å²) in [6.07, 6.45) is 2.53. The van der Waals surface area contributed by atoms with Crippen molar-refractivity contribution in [1.82, 2.24) is 0 Å². The van der Waals surface area contributed by atoms with E-state index in [0.717, 1.165) is 12.8 Å². The van der Waals surface area contributed by atoms with Gasteiger partial charge in [-0.1, -0.05) is 27.2 Å². The number of ether oxygens (including phenoxy) is 3. The minimum absolute atomic E-state index is 0.0341. The van der Waals surface area contributed by atoms with E-state index in [0.29, 0.717) is 23.5 Å². The summed E-state index contributed by atoms with van der Waals surface area (Å²) in [5.41, 5.74) is -0.686. The molecule has 2 aliphatic rings. The van der Waals surface area contributed by atoms with E-state index in [4.69, 9.17) is 14.2 Å². The fraction of sp³-hybridized carbons (Fsp3) is 0.875. The van der Waals surface area contributed by atoms with Gasteiger partial charge in [-0.2, -0.15) is 0 Å². The maximum Gasteiger partial charge on any atom is 0.346 e. The Morgan fingerprint density at radius 1 is 1.23 bits per heavy atom. The summed E-state index contributed by atoms with van der Waals surface area (Å²) in [6, 6.07) is 0. The van der Waals surface area contributed by atoms with Gasteiger partial charge in [-0.3, -0.25) is 4.79 Å². The van der Waals surface area contributed by atoms with E-state index in [1.165, 1.54) is 25.1 Å². The van der Waals surface area contributed by atoms with Crippen LogP contribution in [-0.4, -0.2) is 35.5 Å². The molecule has 0 aromatic heterocycles. The molecule has 5 nitrogen and oxygen atoms in total. The molecule has 1 saturated heterocycles. The smallest absolute Gasteiger partial charge is 0.346 e. The molecule has 1 saturated carbocycles. The second-order valence-electron chi connectivity index (χ2n) is 6.64. The normalized spacial score (nSPS) is 35.4. The number of hydrogen-bond donors (Lipinski definition) is 0. The molecular formula is C16H26O5S. The van der Waals surface area contributed by atoms with Gasteiger partial charge in [0.15, 0.2) is 0 Å². The molecule has 0 spiro atoms. The fourth-order valence-electron chi connectivity index (χ4n) is 3.21. The maximum absolute atomic E-state index is 12.3. The quantitative estimate of drug-likeness (QED) is 0.739. The van der Waals surface area contributed by atoms with Gasteiger partial charge in [-0.25, -0.2) is 4.79 Å². The Balaban J connectivity index is 1.88. The van der Waals surface area contributed by atoms with Crippen molar-refractivity contribution in [1.29, 1.82) is 0 Å². The predicted molar refractivity (Wildman–Crippen MR) is 84.1 cm³/mol. The first-order valence-electron chi connectivity index (χ1n) is 8.01. The summed E-state index contributed by atoms with van der Waals surface area (Å²) >= 11 is 1.33. The minimum atomic E-state index is -0.686. The summed E-state index contributed by atoms with van der Waals surface area (Å²) in [5.74, 6) is 1.21. The highest BCUT2D eigenvalue weighted by atomic mass is 32.2. The topological polar surface area (TPSA) is 61.8 Å². The zero-order chi connectivity index (χ0) is 16.3. The van der Waals surface area contributed by atoms with E-state index in [9.17, 15) is 9.59 Å². The van der Waals surface area contributed by atoms with Crippen LogP contribution in [0.5, 0.6) is 0 Å². The average Bonchev–Trinajstić information content (AvgIpc) is 2.86. The van der Waals surface area contributed by atoms with Crippen molar-refractivity contribution in [2.75, 3.05) is 5.75 Å². The molecule has 1 aliphatic heterocycles. The van der Waals surface area contributed by atoms with Crippen molar-refractivity contribution in [3.63, 3.8) is 0 Å². The highest BCUT2D eigenvalue weighted by Crippen LogP contribution is 2.36. The van der Waals surface area contributed by atoms with Gasteiger partial charge in [-0.15, -0.1) is 11.8 Å². The van der Waals surface area contributed by atoms with Crippen molar-refractivity contribution < 1.29 is 23.8 Å².